The SMILES string of the molecule is CC(=O)OC1(C2CC2)CC(=O)C=C2CC[C@H]3[C@@H]4CC[C@H](C(C)=O)[C@@]4(C)CC[C@@H]3[C@]21C. The van der Waals surface area contributed by atoms with Gasteiger partial charge in [-0.3, -0.25) is 14.4 Å². The van der Waals surface area contributed by atoms with Crippen LogP contribution < -0.4 is 0 Å². The van der Waals surface area contributed by atoms with Crippen molar-refractivity contribution in [3.63, 3.8) is 0 Å². The Balaban J connectivity index is 1.59. The maximum atomic E-state index is 12.8. The number of fused-ring (bicyclic) bond motifs is 5. The number of hydrogen-bond donors (Lipinski definition) is 0. The van der Waals surface area contributed by atoms with E-state index in [1.165, 1.54) is 12.5 Å². The zero-order valence-electron chi connectivity index (χ0n) is 19.0. The van der Waals surface area contributed by atoms with Gasteiger partial charge in [-0.05, 0) is 87.5 Å². The predicted octanol–water partition coefficient (Wildman–Crippen LogP) is 5.05. The molecule has 7 atom stereocenters. The second kappa shape index (κ2) is 6.53. The van der Waals surface area contributed by atoms with E-state index in [2.05, 4.69) is 13.8 Å². The molecule has 4 saturated carbocycles. The quantitative estimate of drug-likeness (QED) is 0.609. The summed E-state index contributed by atoms with van der Waals surface area (Å²) >= 11 is 0. The van der Waals surface area contributed by atoms with Gasteiger partial charge in [-0.15, -0.1) is 0 Å². The summed E-state index contributed by atoms with van der Waals surface area (Å²) in [6.45, 7) is 7.97. The molecule has 164 valence electrons. The fraction of sp³-hybridized carbons (Fsp3) is 0.808. The molecule has 0 aromatic carbocycles. The Hall–Kier alpha value is -1.45. The van der Waals surface area contributed by atoms with Gasteiger partial charge in [-0.2, -0.15) is 0 Å². The first-order chi connectivity index (χ1) is 14.1. The maximum absolute atomic E-state index is 12.8. The van der Waals surface area contributed by atoms with Crippen LogP contribution in [0.1, 0.15) is 85.5 Å². The highest BCUT2D eigenvalue weighted by Gasteiger charge is 2.69. The highest BCUT2D eigenvalue weighted by Crippen LogP contribution is 2.71. The van der Waals surface area contributed by atoms with Crippen molar-refractivity contribution >= 4 is 17.5 Å². The summed E-state index contributed by atoms with van der Waals surface area (Å²) in [5.41, 5.74) is 0.415. The zero-order valence-corrected chi connectivity index (χ0v) is 19.0. The van der Waals surface area contributed by atoms with Crippen LogP contribution in [-0.2, 0) is 19.1 Å². The van der Waals surface area contributed by atoms with E-state index in [9.17, 15) is 14.4 Å². The molecular weight excluding hydrogens is 376 g/mol. The highest BCUT2D eigenvalue weighted by molar-refractivity contribution is 5.93. The molecule has 5 rings (SSSR count). The van der Waals surface area contributed by atoms with E-state index in [-0.39, 0.29) is 28.5 Å². The number of rotatable bonds is 3. The molecule has 4 fully saturated rings. The van der Waals surface area contributed by atoms with Crippen LogP contribution in [0.25, 0.3) is 0 Å². The number of carbonyl (C=O) groups excluding carboxylic acids is 3. The number of hydrogen-bond acceptors (Lipinski definition) is 4. The van der Waals surface area contributed by atoms with Gasteiger partial charge in [0.15, 0.2) is 5.78 Å². The summed E-state index contributed by atoms with van der Waals surface area (Å²) in [6, 6.07) is 0. The van der Waals surface area contributed by atoms with E-state index >= 15 is 0 Å². The zero-order chi connectivity index (χ0) is 21.5. The molecule has 0 aromatic rings. The van der Waals surface area contributed by atoms with Gasteiger partial charge in [0, 0.05) is 24.2 Å². The number of carbonyl (C=O) groups is 3. The van der Waals surface area contributed by atoms with Crippen LogP contribution >= 0.6 is 0 Å². The largest absolute Gasteiger partial charge is 0.458 e. The first-order valence-electron chi connectivity index (χ1n) is 12.1. The summed E-state index contributed by atoms with van der Waals surface area (Å²) in [5.74, 6) is 2.28. The van der Waals surface area contributed by atoms with Crippen LogP contribution in [0.5, 0.6) is 0 Å². The summed E-state index contributed by atoms with van der Waals surface area (Å²) in [6.07, 6.45) is 10.7. The van der Waals surface area contributed by atoms with Gasteiger partial charge in [-0.1, -0.05) is 19.4 Å². The van der Waals surface area contributed by atoms with E-state index in [0.717, 1.165) is 51.4 Å². The van der Waals surface area contributed by atoms with Crippen LogP contribution in [-0.4, -0.2) is 23.1 Å². The standard InChI is InChI=1S/C26H36O4/c1-15(27)21-9-10-22-20-8-7-18-13-19(29)14-26(17-5-6-17,30-16(2)28)25(18,4)23(20)11-12-24(21,22)3/h13,17,20-23H,5-12,14H2,1-4H3/t20-,21+,22-,23-,24+,25-,26?/m0/s1. The van der Waals surface area contributed by atoms with Crippen LogP contribution in [0, 0.1) is 40.4 Å². The lowest BCUT2D eigenvalue weighted by Crippen LogP contribution is -2.63. The Bertz CT molecular complexity index is 838. The Labute approximate surface area is 180 Å². The fourth-order valence-corrected chi connectivity index (χ4v) is 8.99. The van der Waals surface area contributed by atoms with Crippen molar-refractivity contribution < 1.29 is 19.1 Å². The first kappa shape index (κ1) is 20.5. The maximum Gasteiger partial charge on any atom is 0.303 e. The Morgan fingerprint density at radius 1 is 1.00 bits per heavy atom. The summed E-state index contributed by atoms with van der Waals surface area (Å²) in [5, 5.41) is 0. The molecule has 0 radical (unpaired) electrons. The minimum Gasteiger partial charge on any atom is -0.458 e. The third kappa shape index (κ3) is 2.54. The molecule has 0 saturated heterocycles. The highest BCUT2D eigenvalue weighted by atomic mass is 16.6. The van der Waals surface area contributed by atoms with E-state index in [1.807, 2.05) is 6.08 Å². The third-order valence-corrected chi connectivity index (χ3v) is 10.3. The van der Waals surface area contributed by atoms with Crippen molar-refractivity contribution in [2.75, 3.05) is 0 Å². The number of Topliss-reactive ketones (excluding diaryl/α,β-unsaturated/α-hetero) is 1. The van der Waals surface area contributed by atoms with Gasteiger partial charge in [0.05, 0.1) is 6.42 Å². The second-order valence-electron chi connectivity index (χ2n) is 11.5. The molecule has 5 aliphatic rings. The summed E-state index contributed by atoms with van der Waals surface area (Å²) < 4.78 is 6.24. The van der Waals surface area contributed by atoms with Crippen molar-refractivity contribution in [1.82, 2.24) is 0 Å². The predicted molar refractivity (Wildman–Crippen MR) is 113 cm³/mol. The van der Waals surface area contributed by atoms with Gasteiger partial charge in [-0.25, -0.2) is 0 Å². The molecule has 30 heavy (non-hydrogen) atoms. The average molecular weight is 413 g/mol. The van der Waals surface area contributed by atoms with E-state index in [1.54, 1.807) is 6.92 Å². The van der Waals surface area contributed by atoms with Gasteiger partial charge in [0.25, 0.3) is 0 Å². The van der Waals surface area contributed by atoms with E-state index in [0.29, 0.717) is 35.9 Å². The molecule has 0 heterocycles. The van der Waals surface area contributed by atoms with Crippen molar-refractivity contribution in [3.05, 3.63) is 11.6 Å². The monoisotopic (exact) mass is 412 g/mol. The minimum atomic E-state index is -0.671. The normalized spacial score (nSPS) is 47.6. The molecule has 4 heteroatoms. The molecule has 0 bridgehead atoms. The molecule has 1 unspecified atom stereocenters. The average Bonchev–Trinajstić information content (AvgIpc) is 3.44. The van der Waals surface area contributed by atoms with Crippen LogP contribution in [0.2, 0.25) is 0 Å². The molecular formula is C26H36O4. The summed E-state index contributed by atoms with van der Waals surface area (Å²) in [4.78, 5) is 37.5. The first-order valence-corrected chi connectivity index (χ1v) is 12.1. The number of esters is 1. The molecule has 5 aliphatic carbocycles. The van der Waals surface area contributed by atoms with Crippen LogP contribution in [0.3, 0.4) is 0 Å². The van der Waals surface area contributed by atoms with Crippen molar-refractivity contribution in [3.8, 4) is 0 Å². The van der Waals surface area contributed by atoms with Gasteiger partial charge in [0.2, 0.25) is 0 Å². The van der Waals surface area contributed by atoms with Crippen molar-refractivity contribution in [1.29, 1.82) is 0 Å². The summed E-state index contributed by atoms with van der Waals surface area (Å²) in [7, 11) is 0. The molecule has 0 aliphatic heterocycles. The van der Waals surface area contributed by atoms with Gasteiger partial charge in [0.1, 0.15) is 11.4 Å². The van der Waals surface area contributed by atoms with E-state index < -0.39 is 5.60 Å². The van der Waals surface area contributed by atoms with Crippen molar-refractivity contribution in [2.45, 2.75) is 91.1 Å². The minimum absolute atomic E-state index is 0.110. The third-order valence-electron chi connectivity index (χ3n) is 10.3. The number of ether oxygens (including phenoxy) is 1. The Morgan fingerprint density at radius 3 is 2.37 bits per heavy atom. The van der Waals surface area contributed by atoms with Gasteiger partial charge < -0.3 is 4.74 Å². The Kier molecular flexibility index (Phi) is 4.45. The lowest BCUT2D eigenvalue weighted by atomic mass is 9.43. The smallest absolute Gasteiger partial charge is 0.303 e. The Morgan fingerprint density at radius 2 is 1.73 bits per heavy atom. The lowest BCUT2D eigenvalue weighted by Gasteiger charge is -2.63. The molecule has 0 N–H and O–H groups in total. The number of ketones is 2. The van der Waals surface area contributed by atoms with E-state index in [4.69, 9.17) is 4.74 Å². The molecule has 0 aromatic heterocycles. The molecule has 4 nitrogen and oxygen atoms in total. The molecule has 0 spiro atoms. The molecule has 0 amide bonds. The fourth-order valence-electron chi connectivity index (χ4n) is 8.99. The van der Waals surface area contributed by atoms with Crippen LogP contribution in [0.4, 0.5) is 0 Å². The topological polar surface area (TPSA) is 60.4 Å². The van der Waals surface area contributed by atoms with Crippen molar-refractivity contribution in [2.24, 2.45) is 40.4 Å². The second-order valence-corrected chi connectivity index (χ2v) is 11.5. The van der Waals surface area contributed by atoms with Gasteiger partial charge >= 0.3 is 5.97 Å². The van der Waals surface area contributed by atoms with Crippen LogP contribution in [0.15, 0.2) is 11.6 Å². The lowest BCUT2D eigenvalue weighted by molar-refractivity contribution is -0.200.